The molecule has 1 aliphatic rings. The van der Waals surface area contributed by atoms with Crippen LogP contribution >= 0.6 is 0 Å². The molecule has 0 saturated carbocycles. The van der Waals surface area contributed by atoms with E-state index in [0.29, 0.717) is 37.2 Å². The lowest BCUT2D eigenvalue weighted by Crippen LogP contribution is -2.45. The molecule has 0 aliphatic carbocycles. The Bertz CT molecular complexity index is 603. The van der Waals surface area contributed by atoms with Crippen molar-refractivity contribution in [3.05, 3.63) is 11.7 Å². The van der Waals surface area contributed by atoms with Crippen LogP contribution in [0.3, 0.4) is 0 Å². The van der Waals surface area contributed by atoms with Gasteiger partial charge in [0.25, 0.3) is 0 Å². The lowest BCUT2D eigenvalue weighted by atomic mass is 10.3. The molecule has 1 aliphatic heterocycles. The second-order valence-corrected chi connectivity index (χ2v) is 6.16. The summed E-state index contributed by atoms with van der Waals surface area (Å²) in [4.78, 5) is 22.5. The Morgan fingerprint density at radius 3 is 2.96 bits per heavy atom. The van der Waals surface area contributed by atoms with Gasteiger partial charge >= 0.3 is 0 Å². The van der Waals surface area contributed by atoms with E-state index in [0.717, 1.165) is 19.5 Å². The fourth-order valence-electron chi connectivity index (χ4n) is 2.81. The highest BCUT2D eigenvalue weighted by Gasteiger charge is 2.25. The fourth-order valence-corrected chi connectivity index (χ4v) is 2.81. The number of hydrogen-bond donors (Lipinski definition) is 2. The van der Waals surface area contributed by atoms with Gasteiger partial charge in [0.1, 0.15) is 12.6 Å². The smallest absolute Gasteiger partial charge is 0.248 e. The number of aliphatic imine (C=N–C) groups is 1. The molecule has 1 amide bonds. The van der Waals surface area contributed by atoms with Gasteiger partial charge in [-0.2, -0.15) is 4.98 Å². The van der Waals surface area contributed by atoms with Crippen LogP contribution in [0.1, 0.15) is 58.4 Å². The van der Waals surface area contributed by atoms with Gasteiger partial charge in [-0.1, -0.05) is 12.1 Å². The van der Waals surface area contributed by atoms with Gasteiger partial charge in [0.2, 0.25) is 11.8 Å². The monoisotopic (exact) mass is 366 g/mol. The molecule has 9 nitrogen and oxygen atoms in total. The predicted molar refractivity (Wildman–Crippen MR) is 97.6 cm³/mol. The molecule has 2 heterocycles. The van der Waals surface area contributed by atoms with Gasteiger partial charge in [-0.3, -0.25) is 4.79 Å². The number of aromatic nitrogens is 2. The van der Waals surface area contributed by atoms with Crippen molar-refractivity contribution >= 4 is 11.9 Å². The van der Waals surface area contributed by atoms with Crippen molar-refractivity contribution in [1.82, 2.24) is 25.7 Å². The van der Waals surface area contributed by atoms with Crippen molar-refractivity contribution in [2.45, 2.75) is 59.2 Å². The zero-order chi connectivity index (χ0) is 18.9. The number of carbonyl (C=O) groups is 1. The van der Waals surface area contributed by atoms with Crippen molar-refractivity contribution < 1.29 is 14.1 Å². The van der Waals surface area contributed by atoms with Crippen LogP contribution in [0, 0.1) is 0 Å². The summed E-state index contributed by atoms with van der Waals surface area (Å²) in [6.45, 7) is 10.8. The third-order valence-corrected chi connectivity index (χ3v) is 4.16. The van der Waals surface area contributed by atoms with E-state index >= 15 is 0 Å². The van der Waals surface area contributed by atoms with Crippen molar-refractivity contribution in [3.63, 3.8) is 0 Å². The number of rotatable bonds is 8. The molecule has 1 saturated heterocycles. The maximum atomic E-state index is 11.8. The molecule has 2 unspecified atom stereocenters. The number of nitrogens with zero attached hydrogens (tertiary/aromatic N) is 4. The normalized spacial score (nSPS) is 18.8. The van der Waals surface area contributed by atoms with E-state index in [1.165, 1.54) is 0 Å². The number of ether oxygens (including phenoxy) is 1. The Morgan fingerprint density at radius 1 is 1.46 bits per heavy atom. The molecule has 9 heteroatoms. The molecule has 2 atom stereocenters. The largest absolute Gasteiger partial charge is 0.371 e. The Labute approximate surface area is 154 Å². The molecule has 2 rings (SSSR count). The zero-order valence-corrected chi connectivity index (χ0v) is 16.1. The Hall–Kier alpha value is -2.16. The van der Waals surface area contributed by atoms with Crippen molar-refractivity contribution in [2.75, 3.05) is 26.2 Å². The number of carbonyl (C=O) groups excluding carboxylic acids is 1. The van der Waals surface area contributed by atoms with E-state index in [4.69, 9.17) is 9.26 Å². The molecule has 0 radical (unpaired) electrons. The summed E-state index contributed by atoms with van der Waals surface area (Å²) in [6.07, 6.45) is 1.25. The summed E-state index contributed by atoms with van der Waals surface area (Å²) in [5.41, 5.74) is 0. The predicted octanol–water partition coefficient (Wildman–Crippen LogP) is 1.23. The molecule has 0 spiro atoms. The van der Waals surface area contributed by atoms with Gasteiger partial charge in [-0.05, 0) is 27.2 Å². The minimum atomic E-state index is -0.201. The van der Waals surface area contributed by atoms with Crippen LogP contribution in [0.4, 0.5) is 0 Å². The Balaban J connectivity index is 1.91. The van der Waals surface area contributed by atoms with Crippen LogP contribution < -0.4 is 10.6 Å². The first-order valence-corrected chi connectivity index (χ1v) is 9.34. The van der Waals surface area contributed by atoms with Crippen LogP contribution in [0.15, 0.2) is 9.52 Å². The van der Waals surface area contributed by atoms with Crippen molar-refractivity contribution in [1.29, 1.82) is 0 Å². The molecular formula is C17H30N6O3. The van der Waals surface area contributed by atoms with Crippen molar-refractivity contribution in [3.8, 4) is 0 Å². The van der Waals surface area contributed by atoms with Gasteiger partial charge in [0.05, 0.1) is 0 Å². The Morgan fingerprint density at radius 2 is 2.27 bits per heavy atom. The van der Waals surface area contributed by atoms with E-state index in [1.807, 2.05) is 32.6 Å². The first-order valence-electron chi connectivity index (χ1n) is 9.34. The maximum absolute atomic E-state index is 11.8. The summed E-state index contributed by atoms with van der Waals surface area (Å²) in [5, 5.41) is 10.5. The summed E-state index contributed by atoms with van der Waals surface area (Å²) in [6, 6.07) is 0.194. The van der Waals surface area contributed by atoms with E-state index in [1.54, 1.807) is 0 Å². The average molecular weight is 366 g/mol. The first-order chi connectivity index (χ1) is 12.6. The van der Waals surface area contributed by atoms with Crippen LogP contribution in [-0.4, -0.2) is 59.2 Å². The van der Waals surface area contributed by atoms with E-state index < -0.39 is 0 Å². The topological polar surface area (TPSA) is 105 Å². The summed E-state index contributed by atoms with van der Waals surface area (Å²) >= 11 is 0. The van der Waals surface area contributed by atoms with Crippen LogP contribution in [0.25, 0.3) is 0 Å². The highest BCUT2D eigenvalue weighted by atomic mass is 16.5. The van der Waals surface area contributed by atoms with Gasteiger partial charge in [0.15, 0.2) is 11.8 Å². The summed E-state index contributed by atoms with van der Waals surface area (Å²) < 4.78 is 10.7. The Kier molecular flexibility index (Phi) is 7.83. The van der Waals surface area contributed by atoms with Gasteiger partial charge < -0.3 is 24.8 Å². The maximum Gasteiger partial charge on any atom is 0.248 e. The second kappa shape index (κ2) is 10.1. The van der Waals surface area contributed by atoms with E-state index in [2.05, 4.69) is 25.8 Å². The number of hydrogen-bond acceptors (Lipinski definition) is 6. The van der Waals surface area contributed by atoms with Crippen LogP contribution in [0.5, 0.6) is 0 Å². The highest BCUT2D eigenvalue weighted by molar-refractivity contribution is 5.80. The van der Waals surface area contributed by atoms with Gasteiger partial charge in [0, 0.05) is 38.7 Å². The molecule has 1 aromatic heterocycles. The number of amides is 1. The number of nitrogens with one attached hydrogen (secondary N) is 2. The van der Waals surface area contributed by atoms with Gasteiger partial charge in [-0.15, -0.1) is 0 Å². The zero-order valence-electron chi connectivity index (χ0n) is 16.1. The molecule has 2 N–H and O–H groups in total. The summed E-state index contributed by atoms with van der Waals surface area (Å²) in [7, 11) is 0. The minimum Gasteiger partial charge on any atom is -0.371 e. The molecule has 26 heavy (non-hydrogen) atoms. The first kappa shape index (κ1) is 20.2. The molecule has 146 valence electrons. The van der Waals surface area contributed by atoms with Gasteiger partial charge in [-0.25, -0.2) is 4.99 Å². The summed E-state index contributed by atoms with van der Waals surface area (Å²) in [5.74, 6) is 1.84. The van der Waals surface area contributed by atoms with Crippen LogP contribution in [0.2, 0.25) is 0 Å². The quantitative estimate of drug-likeness (QED) is 0.527. The molecule has 1 fully saturated rings. The molecular weight excluding hydrogens is 336 g/mol. The SMILES string of the molecule is CCNC(=NCc1nc(C(C)OCC)no1)NC1CCN(C(=O)CC)C1. The second-order valence-electron chi connectivity index (χ2n) is 6.16. The van der Waals surface area contributed by atoms with Crippen LogP contribution in [-0.2, 0) is 16.1 Å². The molecule has 0 aromatic carbocycles. The molecule has 0 bridgehead atoms. The van der Waals surface area contributed by atoms with Crippen molar-refractivity contribution in [2.24, 2.45) is 4.99 Å². The average Bonchev–Trinajstić information content (AvgIpc) is 3.29. The fraction of sp³-hybridized carbons (Fsp3) is 0.765. The van der Waals surface area contributed by atoms with E-state index in [9.17, 15) is 4.79 Å². The lowest BCUT2D eigenvalue weighted by Gasteiger charge is -2.18. The highest BCUT2D eigenvalue weighted by Crippen LogP contribution is 2.13. The third-order valence-electron chi connectivity index (χ3n) is 4.16. The standard InChI is InChI=1S/C17H30N6O3/c1-5-15(24)23-9-8-13(11-23)20-17(18-6-2)19-10-14-21-16(22-26-14)12(4)25-7-3/h12-13H,5-11H2,1-4H3,(H2,18,19,20). The molecule has 1 aromatic rings. The third kappa shape index (κ3) is 5.69. The minimum absolute atomic E-state index is 0.193. The number of likely N-dealkylation sites (tertiary alicyclic amines) is 1. The van der Waals surface area contributed by atoms with E-state index in [-0.39, 0.29) is 24.6 Å². The number of guanidine groups is 1. The lowest BCUT2D eigenvalue weighted by molar-refractivity contribution is -0.129.